The topological polar surface area (TPSA) is 41.1 Å². The maximum Gasteiger partial charge on any atom is 0.416 e. The quantitative estimate of drug-likeness (QED) is 0.833. The fourth-order valence-corrected chi connectivity index (χ4v) is 3.01. The number of rotatable bonds is 3. The van der Waals surface area contributed by atoms with E-state index in [0.29, 0.717) is 11.5 Å². The molecule has 1 fully saturated rings. The molecule has 0 bridgehead atoms. The number of hydrogen-bond acceptors (Lipinski definition) is 1. The summed E-state index contributed by atoms with van der Waals surface area (Å²) in [5, 5.41) is 5.67. The Labute approximate surface area is 134 Å². The molecule has 23 heavy (non-hydrogen) atoms. The van der Waals surface area contributed by atoms with E-state index in [1.54, 1.807) is 13.0 Å². The van der Waals surface area contributed by atoms with E-state index in [9.17, 15) is 18.0 Å². The van der Waals surface area contributed by atoms with Crippen molar-refractivity contribution in [2.75, 3.05) is 0 Å². The molecule has 3 atom stereocenters. The molecule has 0 saturated heterocycles. The number of carbonyl (C=O) groups excluding carboxylic acids is 1. The number of amides is 2. The van der Waals surface area contributed by atoms with E-state index in [0.717, 1.165) is 31.4 Å². The van der Waals surface area contributed by atoms with Crippen LogP contribution in [0.5, 0.6) is 0 Å². The van der Waals surface area contributed by atoms with Crippen molar-refractivity contribution in [3.8, 4) is 0 Å². The number of hydrogen-bond donors (Lipinski definition) is 2. The number of nitrogens with one attached hydrogen (secondary N) is 2. The molecule has 2 amide bonds. The predicted molar refractivity (Wildman–Crippen MR) is 82.9 cm³/mol. The van der Waals surface area contributed by atoms with Crippen LogP contribution in [0.15, 0.2) is 24.3 Å². The van der Waals surface area contributed by atoms with Gasteiger partial charge < -0.3 is 10.6 Å². The Kier molecular flexibility index (Phi) is 5.55. The Morgan fingerprint density at radius 1 is 1.26 bits per heavy atom. The van der Waals surface area contributed by atoms with Crippen LogP contribution in [0.4, 0.5) is 18.0 Å². The first-order chi connectivity index (χ1) is 10.8. The molecule has 3 unspecified atom stereocenters. The molecule has 1 aromatic carbocycles. The molecule has 6 heteroatoms. The summed E-state index contributed by atoms with van der Waals surface area (Å²) in [5.41, 5.74) is -0.267. The van der Waals surface area contributed by atoms with Crippen LogP contribution in [0, 0.1) is 5.92 Å². The average molecular weight is 328 g/mol. The zero-order chi connectivity index (χ0) is 17.0. The summed E-state index contributed by atoms with van der Waals surface area (Å²) in [5.74, 6) is 0.429. The summed E-state index contributed by atoms with van der Waals surface area (Å²) < 4.78 is 38.2. The minimum Gasteiger partial charge on any atom is -0.335 e. The third-order valence-corrected chi connectivity index (χ3v) is 4.49. The molecule has 128 valence electrons. The molecule has 0 radical (unpaired) electrons. The third-order valence-electron chi connectivity index (χ3n) is 4.49. The van der Waals surface area contributed by atoms with Gasteiger partial charge in [-0.3, -0.25) is 0 Å². The Hall–Kier alpha value is -1.72. The van der Waals surface area contributed by atoms with Crippen molar-refractivity contribution in [1.82, 2.24) is 10.6 Å². The molecule has 1 aliphatic carbocycles. The lowest BCUT2D eigenvalue weighted by Gasteiger charge is -2.30. The molecule has 0 aliphatic heterocycles. The van der Waals surface area contributed by atoms with E-state index >= 15 is 0 Å². The van der Waals surface area contributed by atoms with Gasteiger partial charge in [-0.05, 0) is 43.4 Å². The standard InChI is InChI=1S/C17H23F3N2O/c1-11-6-3-4-9-15(11)22-16(23)21-12(2)13-7-5-8-14(10-13)17(18,19)20/h5,7-8,10-12,15H,3-4,6,9H2,1-2H3,(H2,21,22,23). The van der Waals surface area contributed by atoms with Gasteiger partial charge in [-0.1, -0.05) is 31.9 Å². The maximum absolute atomic E-state index is 12.7. The van der Waals surface area contributed by atoms with Gasteiger partial charge in [0.1, 0.15) is 0 Å². The zero-order valence-electron chi connectivity index (χ0n) is 13.4. The van der Waals surface area contributed by atoms with Crippen molar-refractivity contribution < 1.29 is 18.0 Å². The van der Waals surface area contributed by atoms with Crippen LogP contribution >= 0.6 is 0 Å². The van der Waals surface area contributed by atoms with Gasteiger partial charge in [-0.15, -0.1) is 0 Å². The highest BCUT2D eigenvalue weighted by Crippen LogP contribution is 2.30. The largest absolute Gasteiger partial charge is 0.416 e. The van der Waals surface area contributed by atoms with Crippen molar-refractivity contribution in [3.05, 3.63) is 35.4 Å². The third kappa shape index (κ3) is 4.88. The zero-order valence-corrected chi connectivity index (χ0v) is 13.4. The summed E-state index contributed by atoms with van der Waals surface area (Å²) in [6, 6.07) is 4.37. The van der Waals surface area contributed by atoms with Gasteiger partial charge in [0.15, 0.2) is 0 Å². The Bertz CT molecular complexity index is 545. The highest BCUT2D eigenvalue weighted by Gasteiger charge is 2.31. The van der Waals surface area contributed by atoms with E-state index < -0.39 is 17.8 Å². The number of urea groups is 1. The smallest absolute Gasteiger partial charge is 0.335 e. The molecular formula is C17H23F3N2O. The second-order valence-corrected chi connectivity index (χ2v) is 6.33. The second kappa shape index (κ2) is 7.23. The van der Waals surface area contributed by atoms with Gasteiger partial charge in [-0.25, -0.2) is 4.79 Å². The van der Waals surface area contributed by atoms with Crippen molar-refractivity contribution >= 4 is 6.03 Å². The van der Waals surface area contributed by atoms with Gasteiger partial charge in [0, 0.05) is 6.04 Å². The Balaban J connectivity index is 1.95. The van der Waals surface area contributed by atoms with Crippen LogP contribution in [0.2, 0.25) is 0 Å². The van der Waals surface area contributed by atoms with Crippen LogP contribution in [0.3, 0.4) is 0 Å². The van der Waals surface area contributed by atoms with Gasteiger partial charge in [-0.2, -0.15) is 13.2 Å². The average Bonchev–Trinajstić information content (AvgIpc) is 2.49. The normalized spacial score (nSPS) is 23.2. The molecule has 2 N–H and O–H groups in total. The maximum atomic E-state index is 12.7. The lowest BCUT2D eigenvalue weighted by Crippen LogP contribution is -2.46. The first kappa shape index (κ1) is 17.6. The molecule has 1 saturated carbocycles. The van der Waals surface area contributed by atoms with E-state index in [2.05, 4.69) is 17.6 Å². The van der Waals surface area contributed by atoms with Gasteiger partial charge >= 0.3 is 12.2 Å². The Morgan fingerprint density at radius 2 is 1.96 bits per heavy atom. The highest BCUT2D eigenvalue weighted by molar-refractivity contribution is 5.74. The minimum atomic E-state index is -4.38. The molecule has 0 heterocycles. The van der Waals surface area contributed by atoms with Crippen molar-refractivity contribution in [2.24, 2.45) is 5.92 Å². The molecular weight excluding hydrogens is 305 g/mol. The first-order valence-corrected chi connectivity index (χ1v) is 8.01. The molecule has 0 aromatic heterocycles. The van der Waals surface area contributed by atoms with Gasteiger partial charge in [0.2, 0.25) is 0 Å². The van der Waals surface area contributed by atoms with Gasteiger partial charge in [0.25, 0.3) is 0 Å². The number of halogens is 3. The summed E-state index contributed by atoms with van der Waals surface area (Å²) in [7, 11) is 0. The van der Waals surface area contributed by atoms with Crippen LogP contribution < -0.4 is 10.6 Å². The molecule has 0 spiro atoms. The van der Waals surface area contributed by atoms with Gasteiger partial charge in [0.05, 0.1) is 11.6 Å². The van der Waals surface area contributed by atoms with Crippen molar-refractivity contribution in [1.29, 1.82) is 0 Å². The Morgan fingerprint density at radius 3 is 2.61 bits per heavy atom. The lowest BCUT2D eigenvalue weighted by atomic mass is 9.86. The molecule has 2 rings (SSSR count). The van der Waals surface area contributed by atoms with E-state index in [-0.39, 0.29) is 12.1 Å². The second-order valence-electron chi connectivity index (χ2n) is 6.33. The molecule has 1 aromatic rings. The predicted octanol–water partition coefficient (Wildman–Crippen LogP) is 4.64. The van der Waals surface area contributed by atoms with Crippen LogP contribution in [-0.4, -0.2) is 12.1 Å². The number of benzene rings is 1. The van der Waals surface area contributed by atoms with Crippen LogP contribution in [0.25, 0.3) is 0 Å². The van der Waals surface area contributed by atoms with Crippen molar-refractivity contribution in [3.63, 3.8) is 0 Å². The summed E-state index contributed by atoms with van der Waals surface area (Å²) >= 11 is 0. The van der Waals surface area contributed by atoms with Crippen molar-refractivity contribution in [2.45, 2.75) is 57.8 Å². The lowest BCUT2D eigenvalue weighted by molar-refractivity contribution is -0.137. The fourth-order valence-electron chi connectivity index (χ4n) is 3.01. The van der Waals surface area contributed by atoms with E-state index in [1.807, 2.05) is 0 Å². The first-order valence-electron chi connectivity index (χ1n) is 8.01. The minimum absolute atomic E-state index is 0.137. The fraction of sp³-hybridized carbons (Fsp3) is 0.588. The summed E-state index contributed by atoms with van der Waals surface area (Å²) in [6.45, 7) is 3.79. The van der Waals surface area contributed by atoms with Crippen LogP contribution in [0.1, 0.15) is 56.7 Å². The monoisotopic (exact) mass is 328 g/mol. The van der Waals surface area contributed by atoms with Crippen LogP contribution in [-0.2, 0) is 6.18 Å². The highest BCUT2D eigenvalue weighted by atomic mass is 19.4. The van der Waals surface area contributed by atoms with E-state index in [1.165, 1.54) is 12.5 Å². The molecule has 1 aliphatic rings. The summed E-state index contributed by atoms with van der Waals surface area (Å²) in [4.78, 5) is 12.1. The molecule has 3 nitrogen and oxygen atoms in total. The number of alkyl halides is 3. The SMILES string of the molecule is CC(NC(=O)NC1CCCCC1C)c1cccc(C(F)(F)F)c1. The summed E-state index contributed by atoms with van der Waals surface area (Å²) in [6.07, 6.45) is -0.0593. The number of carbonyl (C=O) groups is 1. The van der Waals surface area contributed by atoms with E-state index in [4.69, 9.17) is 0 Å².